The van der Waals surface area contributed by atoms with Crippen LogP contribution in [0.5, 0.6) is 11.5 Å². The Labute approximate surface area is 160 Å². The fourth-order valence-electron chi connectivity index (χ4n) is 2.40. The van der Waals surface area contributed by atoms with Gasteiger partial charge in [-0.2, -0.15) is 0 Å². The highest BCUT2D eigenvalue weighted by atomic mass is 35.5. The van der Waals surface area contributed by atoms with Gasteiger partial charge in [0, 0.05) is 11.6 Å². The Bertz CT molecular complexity index is 714. The standard InChI is InChI=1S/C21H26ClNO3/c1-15(2)10-11-26-19-9-6-17(12-20(19)25-3)14-23-21(24)13-16-4-7-18(22)8-5-16/h4-9,12,15H,10-11,13-14H2,1-3H3,(H,23,24). The molecule has 1 amide bonds. The normalized spacial score (nSPS) is 10.7. The summed E-state index contributed by atoms with van der Waals surface area (Å²) in [6, 6.07) is 13.0. The minimum Gasteiger partial charge on any atom is -0.493 e. The summed E-state index contributed by atoms with van der Waals surface area (Å²) in [5.74, 6) is 1.96. The number of amides is 1. The lowest BCUT2D eigenvalue weighted by Gasteiger charge is -2.13. The molecule has 1 N–H and O–H groups in total. The van der Waals surface area contributed by atoms with Crippen molar-refractivity contribution in [1.82, 2.24) is 5.32 Å². The molecule has 0 fully saturated rings. The number of halogens is 1. The van der Waals surface area contributed by atoms with Gasteiger partial charge >= 0.3 is 0 Å². The molecular formula is C21H26ClNO3. The number of hydrogen-bond acceptors (Lipinski definition) is 3. The van der Waals surface area contributed by atoms with Gasteiger partial charge in [0.2, 0.25) is 5.91 Å². The highest BCUT2D eigenvalue weighted by Gasteiger charge is 2.08. The summed E-state index contributed by atoms with van der Waals surface area (Å²) in [5.41, 5.74) is 1.89. The van der Waals surface area contributed by atoms with E-state index >= 15 is 0 Å². The average Bonchev–Trinajstić information content (AvgIpc) is 2.62. The summed E-state index contributed by atoms with van der Waals surface area (Å²) < 4.78 is 11.2. The molecule has 0 saturated heterocycles. The highest BCUT2D eigenvalue weighted by molar-refractivity contribution is 6.30. The second-order valence-corrected chi connectivity index (χ2v) is 7.03. The van der Waals surface area contributed by atoms with Gasteiger partial charge in [-0.25, -0.2) is 0 Å². The number of benzene rings is 2. The molecule has 0 radical (unpaired) electrons. The van der Waals surface area contributed by atoms with Crippen LogP contribution in [0.3, 0.4) is 0 Å². The molecule has 0 unspecified atom stereocenters. The summed E-state index contributed by atoms with van der Waals surface area (Å²) in [5, 5.41) is 3.59. The Hall–Kier alpha value is -2.20. The molecular weight excluding hydrogens is 350 g/mol. The third-order valence-electron chi connectivity index (χ3n) is 3.95. The number of carbonyl (C=O) groups excluding carboxylic acids is 1. The number of carbonyl (C=O) groups is 1. The second kappa shape index (κ2) is 10.1. The zero-order valence-corrected chi connectivity index (χ0v) is 16.3. The number of nitrogens with one attached hydrogen (secondary N) is 1. The van der Waals surface area contributed by atoms with E-state index in [2.05, 4.69) is 19.2 Å². The zero-order chi connectivity index (χ0) is 18.9. The van der Waals surface area contributed by atoms with Crippen LogP contribution in [0.25, 0.3) is 0 Å². The lowest BCUT2D eigenvalue weighted by Crippen LogP contribution is -2.24. The molecule has 0 aliphatic carbocycles. The van der Waals surface area contributed by atoms with Gasteiger partial charge in [0.15, 0.2) is 11.5 Å². The third-order valence-corrected chi connectivity index (χ3v) is 4.20. The van der Waals surface area contributed by atoms with Crippen LogP contribution in [0.2, 0.25) is 5.02 Å². The third kappa shape index (κ3) is 6.60. The van der Waals surface area contributed by atoms with Crippen LogP contribution in [0, 0.1) is 5.92 Å². The van der Waals surface area contributed by atoms with Crippen LogP contribution in [-0.2, 0) is 17.8 Å². The Balaban J connectivity index is 1.88. The fraction of sp³-hybridized carbons (Fsp3) is 0.381. The lowest BCUT2D eigenvalue weighted by molar-refractivity contribution is -0.120. The molecule has 0 aliphatic heterocycles. The van der Waals surface area contributed by atoms with Crippen LogP contribution in [0.1, 0.15) is 31.4 Å². The van der Waals surface area contributed by atoms with E-state index in [0.29, 0.717) is 36.3 Å². The molecule has 0 saturated carbocycles. The van der Waals surface area contributed by atoms with Gasteiger partial charge in [-0.15, -0.1) is 0 Å². The van der Waals surface area contributed by atoms with E-state index < -0.39 is 0 Å². The molecule has 0 bridgehead atoms. The minimum atomic E-state index is -0.0384. The van der Waals surface area contributed by atoms with E-state index in [-0.39, 0.29) is 5.91 Å². The van der Waals surface area contributed by atoms with Gasteiger partial charge in [-0.1, -0.05) is 43.6 Å². The maximum absolute atomic E-state index is 12.1. The molecule has 26 heavy (non-hydrogen) atoms. The van der Waals surface area contributed by atoms with Gasteiger partial charge in [0.1, 0.15) is 0 Å². The quantitative estimate of drug-likeness (QED) is 0.695. The van der Waals surface area contributed by atoms with Crippen molar-refractivity contribution in [2.45, 2.75) is 33.2 Å². The summed E-state index contributed by atoms with van der Waals surface area (Å²) in [4.78, 5) is 12.1. The van der Waals surface area contributed by atoms with E-state index in [1.54, 1.807) is 19.2 Å². The van der Waals surface area contributed by atoms with E-state index in [1.165, 1.54) is 0 Å². The van der Waals surface area contributed by atoms with Crippen molar-refractivity contribution in [2.24, 2.45) is 5.92 Å². The number of hydrogen-bond donors (Lipinski definition) is 1. The van der Waals surface area contributed by atoms with Gasteiger partial charge in [0.25, 0.3) is 0 Å². The number of ether oxygens (including phenoxy) is 2. The molecule has 2 rings (SSSR count). The monoisotopic (exact) mass is 375 g/mol. The summed E-state index contributed by atoms with van der Waals surface area (Å²) in [6.45, 7) is 5.42. The van der Waals surface area contributed by atoms with Crippen LogP contribution in [0.4, 0.5) is 0 Å². The van der Waals surface area contributed by atoms with Crippen molar-refractivity contribution < 1.29 is 14.3 Å². The van der Waals surface area contributed by atoms with Crippen molar-refractivity contribution in [3.63, 3.8) is 0 Å². The lowest BCUT2D eigenvalue weighted by atomic mass is 10.1. The van der Waals surface area contributed by atoms with Crippen molar-refractivity contribution >= 4 is 17.5 Å². The van der Waals surface area contributed by atoms with Gasteiger partial charge in [0.05, 0.1) is 20.1 Å². The molecule has 0 aliphatic rings. The molecule has 0 atom stereocenters. The molecule has 0 spiro atoms. The Morgan fingerprint density at radius 1 is 1.08 bits per heavy atom. The molecule has 2 aromatic carbocycles. The number of methoxy groups -OCH3 is 1. The first kappa shape index (κ1) is 20.1. The smallest absolute Gasteiger partial charge is 0.224 e. The zero-order valence-electron chi connectivity index (χ0n) is 15.5. The van der Waals surface area contributed by atoms with E-state index in [4.69, 9.17) is 21.1 Å². The van der Waals surface area contributed by atoms with Crippen molar-refractivity contribution in [2.75, 3.05) is 13.7 Å². The first-order valence-corrected chi connectivity index (χ1v) is 9.16. The van der Waals surface area contributed by atoms with Gasteiger partial charge in [-0.3, -0.25) is 4.79 Å². The van der Waals surface area contributed by atoms with Crippen molar-refractivity contribution in [3.05, 3.63) is 58.6 Å². The molecule has 0 heterocycles. The topological polar surface area (TPSA) is 47.6 Å². The van der Waals surface area contributed by atoms with E-state index in [0.717, 1.165) is 23.3 Å². The molecule has 2 aromatic rings. The Morgan fingerprint density at radius 2 is 1.77 bits per heavy atom. The minimum absolute atomic E-state index is 0.0384. The first-order chi connectivity index (χ1) is 12.5. The average molecular weight is 376 g/mol. The Morgan fingerprint density at radius 3 is 2.42 bits per heavy atom. The predicted molar refractivity (Wildman–Crippen MR) is 105 cm³/mol. The van der Waals surface area contributed by atoms with Crippen molar-refractivity contribution in [1.29, 1.82) is 0 Å². The van der Waals surface area contributed by atoms with Crippen LogP contribution in [-0.4, -0.2) is 19.6 Å². The van der Waals surface area contributed by atoms with E-state index in [1.807, 2.05) is 30.3 Å². The SMILES string of the molecule is COc1cc(CNC(=O)Cc2ccc(Cl)cc2)ccc1OCCC(C)C. The Kier molecular flexibility index (Phi) is 7.79. The maximum Gasteiger partial charge on any atom is 0.224 e. The second-order valence-electron chi connectivity index (χ2n) is 6.60. The molecule has 0 aromatic heterocycles. The largest absolute Gasteiger partial charge is 0.493 e. The van der Waals surface area contributed by atoms with Crippen molar-refractivity contribution in [3.8, 4) is 11.5 Å². The molecule has 5 heteroatoms. The van der Waals surface area contributed by atoms with Crippen LogP contribution < -0.4 is 14.8 Å². The molecule has 140 valence electrons. The summed E-state index contributed by atoms with van der Waals surface area (Å²) in [6.07, 6.45) is 1.32. The fourth-order valence-corrected chi connectivity index (χ4v) is 2.52. The summed E-state index contributed by atoms with van der Waals surface area (Å²) >= 11 is 5.86. The maximum atomic E-state index is 12.1. The van der Waals surface area contributed by atoms with Crippen LogP contribution >= 0.6 is 11.6 Å². The summed E-state index contributed by atoms with van der Waals surface area (Å²) in [7, 11) is 1.62. The first-order valence-electron chi connectivity index (χ1n) is 8.78. The highest BCUT2D eigenvalue weighted by Crippen LogP contribution is 2.28. The number of rotatable bonds is 9. The van der Waals surface area contributed by atoms with Gasteiger partial charge < -0.3 is 14.8 Å². The van der Waals surface area contributed by atoms with E-state index in [9.17, 15) is 4.79 Å². The predicted octanol–water partition coefficient (Wildman–Crippen LogP) is 4.63. The van der Waals surface area contributed by atoms with Crippen LogP contribution in [0.15, 0.2) is 42.5 Å². The van der Waals surface area contributed by atoms with Gasteiger partial charge in [-0.05, 0) is 47.7 Å². The molecule has 4 nitrogen and oxygen atoms in total.